The molecule has 2 aromatic heterocycles. The fraction of sp³-hybridized carbons (Fsp3) is 0.182. The van der Waals surface area contributed by atoms with Gasteiger partial charge < -0.3 is 0 Å². The molecule has 1 unspecified atom stereocenters. The van der Waals surface area contributed by atoms with Crippen LogP contribution in [0.15, 0.2) is 29.8 Å². The molecule has 0 aliphatic rings. The average Bonchev–Trinajstić information content (AvgIpc) is 2.68. The molecule has 2 aromatic rings. The third kappa shape index (κ3) is 1.88. The Hall–Kier alpha value is -1.73. The highest BCUT2D eigenvalue weighted by Crippen LogP contribution is 2.29. The Morgan fingerprint density at radius 1 is 1.47 bits per heavy atom. The normalized spacial score (nSPS) is 12.0. The van der Waals surface area contributed by atoms with Gasteiger partial charge in [0.15, 0.2) is 0 Å². The van der Waals surface area contributed by atoms with Gasteiger partial charge in [0.25, 0.3) is 0 Å². The minimum Gasteiger partial charge on any atom is -0.197 e. The summed E-state index contributed by atoms with van der Waals surface area (Å²) >= 11 is 1.59. The number of rotatable bonds is 2. The van der Waals surface area contributed by atoms with Crippen LogP contribution in [0, 0.1) is 18.3 Å². The van der Waals surface area contributed by atoms with E-state index < -0.39 is 0 Å². The van der Waals surface area contributed by atoms with Crippen molar-refractivity contribution in [1.82, 2.24) is 10.2 Å². The number of hydrogen-bond donors (Lipinski definition) is 0. The quantitative estimate of drug-likeness (QED) is 0.773. The lowest BCUT2D eigenvalue weighted by Gasteiger charge is -2.06. The molecule has 0 aromatic carbocycles. The summed E-state index contributed by atoms with van der Waals surface area (Å²) in [4.78, 5) is 1.05. The van der Waals surface area contributed by atoms with E-state index >= 15 is 0 Å². The van der Waals surface area contributed by atoms with Crippen molar-refractivity contribution in [3.8, 4) is 6.07 Å². The number of nitrogens with zero attached hydrogens (tertiary/aromatic N) is 3. The Morgan fingerprint density at radius 2 is 2.33 bits per heavy atom. The minimum absolute atomic E-state index is 0.293. The highest BCUT2D eigenvalue weighted by molar-refractivity contribution is 7.10. The molecule has 74 valence electrons. The summed E-state index contributed by atoms with van der Waals surface area (Å²) in [6.07, 6.45) is 1.61. The fourth-order valence-electron chi connectivity index (χ4n) is 1.41. The summed E-state index contributed by atoms with van der Waals surface area (Å²) in [6, 6.07) is 7.92. The molecule has 2 heterocycles. The maximum atomic E-state index is 9.16. The largest absolute Gasteiger partial charge is 0.197 e. The summed E-state index contributed by atoms with van der Waals surface area (Å²) < 4.78 is 0. The van der Waals surface area contributed by atoms with E-state index in [4.69, 9.17) is 5.26 Å². The fourth-order valence-corrected chi connectivity index (χ4v) is 2.39. The molecule has 4 heteroatoms. The van der Waals surface area contributed by atoms with Crippen molar-refractivity contribution < 1.29 is 0 Å². The van der Waals surface area contributed by atoms with E-state index in [9.17, 15) is 0 Å². The Labute approximate surface area is 92.0 Å². The first kappa shape index (κ1) is 9.81. The van der Waals surface area contributed by atoms with Crippen LogP contribution < -0.4 is 0 Å². The molecule has 0 saturated heterocycles. The minimum atomic E-state index is -0.293. The topological polar surface area (TPSA) is 49.6 Å². The van der Waals surface area contributed by atoms with E-state index in [0.29, 0.717) is 5.69 Å². The molecule has 3 nitrogen and oxygen atoms in total. The third-order valence-corrected chi connectivity index (χ3v) is 3.27. The van der Waals surface area contributed by atoms with Crippen molar-refractivity contribution in [3.05, 3.63) is 45.9 Å². The second-order valence-corrected chi connectivity index (χ2v) is 4.13. The SMILES string of the molecule is Cc1ccsc1C(C#N)c1cccnn1. The van der Waals surface area contributed by atoms with Crippen LogP contribution in [-0.2, 0) is 0 Å². The number of aromatic nitrogens is 2. The van der Waals surface area contributed by atoms with Crippen molar-refractivity contribution in [2.75, 3.05) is 0 Å². The van der Waals surface area contributed by atoms with Crippen LogP contribution in [0.5, 0.6) is 0 Å². The van der Waals surface area contributed by atoms with Crippen molar-refractivity contribution in [3.63, 3.8) is 0 Å². The molecule has 0 radical (unpaired) electrons. The van der Waals surface area contributed by atoms with E-state index in [1.165, 1.54) is 0 Å². The first-order chi connectivity index (χ1) is 7.33. The second kappa shape index (κ2) is 4.20. The standard InChI is InChI=1S/C11H9N3S/c1-8-4-6-15-11(8)9(7-12)10-3-2-5-13-14-10/h2-6,9H,1H3. The third-order valence-electron chi connectivity index (χ3n) is 2.18. The van der Waals surface area contributed by atoms with Crippen LogP contribution in [0.25, 0.3) is 0 Å². The van der Waals surface area contributed by atoms with E-state index in [1.54, 1.807) is 23.6 Å². The molecule has 0 bridgehead atoms. The van der Waals surface area contributed by atoms with Gasteiger partial charge >= 0.3 is 0 Å². The van der Waals surface area contributed by atoms with Gasteiger partial charge in [-0.2, -0.15) is 15.5 Å². The summed E-state index contributed by atoms with van der Waals surface area (Å²) in [5, 5.41) is 18.9. The maximum absolute atomic E-state index is 9.16. The molecule has 0 aliphatic carbocycles. The zero-order valence-electron chi connectivity index (χ0n) is 8.21. The van der Waals surface area contributed by atoms with Gasteiger partial charge in [-0.15, -0.1) is 11.3 Å². The number of thiophene rings is 1. The molecule has 0 saturated carbocycles. The van der Waals surface area contributed by atoms with Gasteiger partial charge in [0, 0.05) is 11.1 Å². The summed E-state index contributed by atoms with van der Waals surface area (Å²) in [5.41, 5.74) is 1.85. The van der Waals surface area contributed by atoms with Crippen LogP contribution in [0.3, 0.4) is 0 Å². The lowest BCUT2D eigenvalue weighted by atomic mass is 10.0. The van der Waals surface area contributed by atoms with Crippen molar-refractivity contribution >= 4 is 11.3 Å². The molecule has 1 atom stereocenters. The van der Waals surface area contributed by atoms with Gasteiger partial charge in [-0.05, 0) is 36.1 Å². The van der Waals surface area contributed by atoms with Crippen LogP contribution in [-0.4, -0.2) is 10.2 Å². The van der Waals surface area contributed by atoms with Crippen LogP contribution in [0.2, 0.25) is 0 Å². The molecule has 0 amide bonds. The van der Waals surface area contributed by atoms with Crippen molar-refractivity contribution in [2.45, 2.75) is 12.8 Å². The number of hydrogen-bond acceptors (Lipinski definition) is 4. The molecule has 2 rings (SSSR count). The van der Waals surface area contributed by atoms with Gasteiger partial charge in [0.2, 0.25) is 0 Å². The molecule has 0 N–H and O–H groups in total. The highest BCUT2D eigenvalue weighted by Gasteiger charge is 2.18. The Balaban J connectivity index is 2.43. The molecule has 0 aliphatic heterocycles. The Morgan fingerprint density at radius 3 is 2.87 bits per heavy atom. The molecular formula is C11H9N3S. The van der Waals surface area contributed by atoms with E-state index in [0.717, 1.165) is 10.4 Å². The first-order valence-corrected chi connectivity index (χ1v) is 5.42. The predicted molar refractivity (Wildman–Crippen MR) is 58.5 cm³/mol. The van der Waals surface area contributed by atoms with E-state index in [2.05, 4.69) is 16.3 Å². The van der Waals surface area contributed by atoms with Gasteiger partial charge in [0.05, 0.1) is 11.8 Å². The second-order valence-electron chi connectivity index (χ2n) is 3.18. The summed E-state index contributed by atoms with van der Waals surface area (Å²) in [5.74, 6) is -0.293. The molecular weight excluding hydrogens is 206 g/mol. The van der Waals surface area contributed by atoms with Crippen LogP contribution >= 0.6 is 11.3 Å². The van der Waals surface area contributed by atoms with E-state index in [1.807, 2.05) is 24.4 Å². The van der Waals surface area contributed by atoms with Gasteiger partial charge in [0.1, 0.15) is 5.92 Å². The zero-order chi connectivity index (χ0) is 10.7. The lowest BCUT2D eigenvalue weighted by molar-refractivity contribution is 0.891. The monoisotopic (exact) mass is 215 g/mol. The number of aryl methyl sites for hydroxylation is 1. The smallest absolute Gasteiger partial charge is 0.125 e. The Bertz CT molecular complexity index is 484. The van der Waals surface area contributed by atoms with Crippen LogP contribution in [0.1, 0.15) is 22.1 Å². The van der Waals surface area contributed by atoms with Gasteiger partial charge in [-0.3, -0.25) is 0 Å². The zero-order valence-corrected chi connectivity index (χ0v) is 9.03. The predicted octanol–water partition coefficient (Wildman–Crippen LogP) is 2.50. The maximum Gasteiger partial charge on any atom is 0.125 e. The first-order valence-electron chi connectivity index (χ1n) is 4.54. The van der Waals surface area contributed by atoms with Gasteiger partial charge in [-0.1, -0.05) is 0 Å². The summed E-state index contributed by atoms with van der Waals surface area (Å²) in [7, 11) is 0. The lowest BCUT2D eigenvalue weighted by Crippen LogP contribution is -2.01. The molecule has 15 heavy (non-hydrogen) atoms. The molecule has 0 spiro atoms. The van der Waals surface area contributed by atoms with Crippen molar-refractivity contribution in [2.24, 2.45) is 0 Å². The van der Waals surface area contributed by atoms with Crippen molar-refractivity contribution in [1.29, 1.82) is 5.26 Å². The van der Waals surface area contributed by atoms with Gasteiger partial charge in [-0.25, -0.2) is 0 Å². The molecule has 0 fully saturated rings. The average molecular weight is 215 g/mol. The van der Waals surface area contributed by atoms with Crippen LogP contribution in [0.4, 0.5) is 0 Å². The number of nitriles is 1. The summed E-state index contributed by atoms with van der Waals surface area (Å²) in [6.45, 7) is 2.01. The highest BCUT2D eigenvalue weighted by atomic mass is 32.1. The Kier molecular flexibility index (Phi) is 2.75. The van der Waals surface area contributed by atoms with E-state index in [-0.39, 0.29) is 5.92 Å².